The van der Waals surface area contributed by atoms with E-state index in [4.69, 9.17) is 14.2 Å². The fourth-order valence-corrected chi connectivity index (χ4v) is 2.60. The maximum atomic E-state index is 12.8. The van der Waals surface area contributed by atoms with Gasteiger partial charge in [0.1, 0.15) is 5.75 Å². The number of hydrogen-bond acceptors (Lipinski definition) is 7. The molecule has 9 heteroatoms. The molecule has 0 radical (unpaired) electrons. The van der Waals surface area contributed by atoms with E-state index >= 15 is 0 Å². The van der Waals surface area contributed by atoms with Crippen LogP contribution in [0.2, 0.25) is 0 Å². The van der Waals surface area contributed by atoms with E-state index in [1.807, 2.05) is 13.8 Å². The van der Waals surface area contributed by atoms with Crippen LogP contribution in [0.15, 0.2) is 36.4 Å². The predicted molar refractivity (Wildman–Crippen MR) is 115 cm³/mol. The van der Waals surface area contributed by atoms with Gasteiger partial charge in [0.05, 0.1) is 36.0 Å². The summed E-state index contributed by atoms with van der Waals surface area (Å²) in [6.07, 6.45) is -0.307. The molecule has 2 aromatic rings. The molecule has 9 nitrogen and oxygen atoms in total. The Morgan fingerprint density at radius 1 is 1.03 bits per heavy atom. The first-order chi connectivity index (χ1) is 14.6. The van der Waals surface area contributed by atoms with Gasteiger partial charge in [0, 0.05) is 17.7 Å². The van der Waals surface area contributed by atoms with E-state index in [0.29, 0.717) is 18.0 Å². The second-order valence-corrected chi connectivity index (χ2v) is 7.47. The first kappa shape index (κ1) is 23.7. The van der Waals surface area contributed by atoms with E-state index in [2.05, 4.69) is 5.32 Å². The van der Waals surface area contributed by atoms with Crippen molar-refractivity contribution in [1.82, 2.24) is 0 Å². The molecule has 0 aliphatic carbocycles. The zero-order chi connectivity index (χ0) is 23.1. The average molecular weight is 430 g/mol. The second kappa shape index (κ2) is 10.4. The van der Waals surface area contributed by atoms with Crippen LogP contribution in [0.1, 0.15) is 48.4 Å². The third kappa shape index (κ3) is 6.43. The number of hydrogen-bond donors (Lipinski definition) is 1. The second-order valence-electron chi connectivity index (χ2n) is 7.47. The standard InChI is InChI=1S/C22H26N2O7/c1-13(2)12-30-19-11-16(22(26)29-5)6-8-17(19)23-21(25)15-7-9-18(24(27)28)20(10-15)31-14(3)4/h6-11,13-14H,12H2,1-5H3,(H,23,25). The summed E-state index contributed by atoms with van der Waals surface area (Å²) in [6, 6.07) is 8.43. The SMILES string of the molecule is COC(=O)c1ccc(NC(=O)c2ccc([N+](=O)[O-])c(OC(C)C)c2)c(OCC(C)C)c1. The number of esters is 1. The van der Waals surface area contributed by atoms with Crippen LogP contribution in [0.4, 0.5) is 11.4 Å². The fourth-order valence-electron chi connectivity index (χ4n) is 2.60. The van der Waals surface area contributed by atoms with E-state index in [1.165, 1.54) is 43.5 Å². The van der Waals surface area contributed by atoms with Crippen molar-refractivity contribution < 1.29 is 28.7 Å². The van der Waals surface area contributed by atoms with Crippen LogP contribution < -0.4 is 14.8 Å². The number of carbonyl (C=O) groups is 2. The molecule has 2 aromatic carbocycles. The number of amides is 1. The highest BCUT2D eigenvalue weighted by atomic mass is 16.6. The number of methoxy groups -OCH3 is 1. The van der Waals surface area contributed by atoms with E-state index in [-0.39, 0.29) is 34.6 Å². The van der Waals surface area contributed by atoms with Crippen LogP contribution in [0.25, 0.3) is 0 Å². The highest BCUT2D eigenvalue weighted by Gasteiger charge is 2.20. The molecule has 0 aromatic heterocycles. The number of carbonyl (C=O) groups excluding carboxylic acids is 2. The summed E-state index contributed by atoms with van der Waals surface area (Å²) in [5.74, 6) is -0.506. The molecule has 0 saturated heterocycles. The van der Waals surface area contributed by atoms with Gasteiger partial charge in [0.15, 0.2) is 5.75 Å². The Kier molecular flexibility index (Phi) is 7.95. The summed E-state index contributed by atoms with van der Waals surface area (Å²) in [5.41, 5.74) is 0.576. The third-order valence-corrected chi connectivity index (χ3v) is 4.00. The molecule has 0 atom stereocenters. The van der Waals surface area contributed by atoms with E-state index < -0.39 is 16.8 Å². The van der Waals surface area contributed by atoms with Gasteiger partial charge in [-0.3, -0.25) is 14.9 Å². The smallest absolute Gasteiger partial charge is 0.337 e. The number of nitrogens with one attached hydrogen (secondary N) is 1. The lowest BCUT2D eigenvalue weighted by molar-refractivity contribution is -0.386. The van der Waals surface area contributed by atoms with Crippen molar-refractivity contribution in [2.24, 2.45) is 5.92 Å². The lowest BCUT2D eigenvalue weighted by Gasteiger charge is -2.16. The number of nitro groups is 1. The van der Waals surface area contributed by atoms with E-state index in [9.17, 15) is 19.7 Å². The molecule has 1 amide bonds. The Balaban J connectivity index is 2.35. The number of benzene rings is 2. The molecule has 0 aliphatic heterocycles. The fraction of sp³-hybridized carbons (Fsp3) is 0.364. The van der Waals surface area contributed by atoms with E-state index in [1.54, 1.807) is 13.8 Å². The molecule has 31 heavy (non-hydrogen) atoms. The Bertz CT molecular complexity index is 970. The largest absolute Gasteiger partial charge is 0.491 e. The predicted octanol–water partition coefficient (Wildman–Crippen LogP) is 4.46. The van der Waals surface area contributed by atoms with Crippen LogP contribution in [-0.4, -0.2) is 36.6 Å². The Morgan fingerprint density at radius 2 is 1.68 bits per heavy atom. The van der Waals surface area contributed by atoms with Gasteiger partial charge in [0.2, 0.25) is 0 Å². The molecule has 0 saturated carbocycles. The van der Waals surface area contributed by atoms with Gasteiger partial charge in [0.25, 0.3) is 5.91 Å². The van der Waals surface area contributed by atoms with Crippen LogP contribution in [-0.2, 0) is 4.74 Å². The Hall–Kier alpha value is -3.62. The molecule has 0 bridgehead atoms. The number of nitro benzene ring substituents is 1. The van der Waals surface area contributed by atoms with Crippen molar-refractivity contribution >= 4 is 23.3 Å². The topological polar surface area (TPSA) is 117 Å². The van der Waals surface area contributed by atoms with Crippen LogP contribution >= 0.6 is 0 Å². The summed E-state index contributed by atoms with van der Waals surface area (Å²) in [5, 5.41) is 14.0. The number of anilines is 1. The summed E-state index contributed by atoms with van der Waals surface area (Å²) in [4.78, 5) is 35.3. The van der Waals surface area contributed by atoms with Gasteiger partial charge in [-0.1, -0.05) is 13.8 Å². The van der Waals surface area contributed by atoms with Crippen molar-refractivity contribution in [1.29, 1.82) is 0 Å². The van der Waals surface area contributed by atoms with Gasteiger partial charge >= 0.3 is 11.7 Å². The van der Waals surface area contributed by atoms with Gasteiger partial charge in [-0.2, -0.15) is 0 Å². The van der Waals surface area contributed by atoms with Crippen molar-refractivity contribution in [3.63, 3.8) is 0 Å². The molecular weight excluding hydrogens is 404 g/mol. The maximum absolute atomic E-state index is 12.8. The van der Waals surface area contributed by atoms with Gasteiger partial charge < -0.3 is 19.5 Å². The minimum atomic E-state index is -0.567. The van der Waals surface area contributed by atoms with Crippen molar-refractivity contribution in [2.45, 2.75) is 33.8 Å². The lowest BCUT2D eigenvalue weighted by atomic mass is 10.1. The first-order valence-electron chi connectivity index (χ1n) is 9.74. The normalized spacial score (nSPS) is 10.7. The number of nitrogens with zero attached hydrogens (tertiary/aromatic N) is 1. The average Bonchev–Trinajstić information content (AvgIpc) is 2.71. The first-order valence-corrected chi connectivity index (χ1v) is 9.74. The summed E-state index contributed by atoms with van der Waals surface area (Å²) in [6.45, 7) is 7.78. The summed E-state index contributed by atoms with van der Waals surface area (Å²) < 4.78 is 16.0. The highest BCUT2D eigenvalue weighted by molar-refractivity contribution is 6.06. The highest BCUT2D eigenvalue weighted by Crippen LogP contribution is 2.31. The Labute approximate surface area is 180 Å². The van der Waals surface area contributed by atoms with Crippen LogP contribution in [0.5, 0.6) is 11.5 Å². The van der Waals surface area contributed by atoms with Gasteiger partial charge in [-0.15, -0.1) is 0 Å². The molecule has 0 aliphatic rings. The summed E-state index contributed by atoms with van der Waals surface area (Å²) >= 11 is 0. The summed E-state index contributed by atoms with van der Waals surface area (Å²) in [7, 11) is 1.28. The molecule has 0 spiro atoms. The van der Waals surface area contributed by atoms with Gasteiger partial charge in [-0.05, 0) is 44.0 Å². The minimum absolute atomic E-state index is 0.00460. The van der Waals surface area contributed by atoms with Crippen molar-refractivity contribution in [3.05, 3.63) is 57.6 Å². The Morgan fingerprint density at radius 3 is 2.26 bits per heavy atom. The maximum Gasteiger partial charge on any atom is 0.337 e. The third-order valence-electron chi connectivity index (χ3n) is 4.00. The van der Waals surface area contributed by atoms with Crippen molar-refractivity contribution in [2.75, 3.05) is 19.0 Å². The van der Waals surface area contributed by atoms with Crippen molar-refractivity contribution in [3.8, 4) is 11.5 Å². The minimum Gasteiger partial charge on any atom is -0.491 e. The van der Waals surface area contributed by atoms with Gasteiger partial charge in [-0.25, -0.2) is 4.79 Å². The molecule has 2 rings (SSSR count). The molecule has 1 N–H and O–H groups in total. The molecule has 0 unspecified atom stereocenters. The number of ether oxygens (including phenoxy) is 3. The zero-order valence-electron chi connectivity index (χ0n) is 18.1. The molecule has 166 valence electrons. The van der Waals surface area contributed by atoms with Crippen LogP contribution in [0, 0.1) is 16.0 Å². The monoisotopic (exact) mass is 430 g/mol. The molecular formula is C22H26N2O7. The quantitative estimate of drug-likeness (QED) is 0.355. The molecule has 0 heterocycles. The molecule has 0 fully saturated rings. The lowest BCUT2D eigenvalue weighted by Crippen LogP contribution is -2.15. The zero-order valence-corrected chi connectivity index (χ0v) is 18.1. The van der Waals surface area contributed by atoms with E-state index in [0.717, 1.165) is 0 Å². The number of rotatable bonds is 9. The van der Waals surface area contributed by atoms with Crippen LogP contribution in [0.3, 0.4) is 0 Å².